The first kappa shape index (κ1) is 25.2. The largest absolute Gasteiger partial charge is 0.444 e. The minimum absolute atomic E-state index is 0.155. The summed E-state index contributed by atoms with van der Waals surface area (Å²) in [5.41, 5.74) is 1.96. The summed E-state index contributed by atoms with van der Waals surface area (Å²) in [7, 11) is 0. The number of nitrogens with zero attached hydrogens (tertiary/aromatic N) is 3. The maximum atomic E-state index is 15.0. The molecule has 36 heavy (non-hydrogen) atoms. The van der Waals surface area contributed by atoms with Gasteiger partial charge in [0.05, 0.1) is 29.5 Å². The van der Waals surface area contributed by atoms with Gasteiger partial charge in [-0.3, -0.25) is 4.79 Å². The number of nitrogens with one attached hydrogen (secondary N) is 1. The number of hydrogen-bond acceptors (Lipinski definition) is 5. The molecular weight excluding hydrogens is 459 g/mol. The molecule has 2 aromatic carbocycles. The molecule has 1 N–H and O–H groups in total. The van der Waals surface area contributed by atoms with Gasteiger partial charge in [-0.1, -0.05) is 24.3 Å². The highest BCUT2D eigenvalue weighted by atomic mass is 19.1. The van der Waals surface area contributed by atoms with E-state index in [4.69, 9.17) is 10.00 Å². The molecule has 2 amide bonds. The molecule has 0 radical (unpaired) electrons. The molecule has 7 nitrogen and oxygen atoms in total. The predicted octanol–water partition coefficient (Wildman–Crippen LogP) is 4.42. The van der Waals surface area contributed by atoms with Crippen LogP contribution >= 0.6 is 0 Å². The number of ether oxygens (including phenoxy) is 1. The quantitative estimate of drug-likeness (QED) is 0.671. The topological polar surface area (TPSA) is 106 Å². The van der Waals surface area contributed by atoms with Gasteiger partial charge in [0.15, 0.2) is 0 Å². The van der Waals surface area contributed by atoms with E-state index < -0.39 is 11.7 Å². The van der Waals surface area contributed by atoms with Gasteiger partial charge in [0.25, 0.3) is 0 Å². The Balaban J connectivity index is 1.35. The maximum absolute atomic E-state index is 15.0. The van der Waals surface area contributed by atoms with Crippen LogP contribution in [0.25, 0.3) is 11.1 Å². The summed E-state index contributed by atoms with van der Waals surface area (Å²) in [4.78, 5) is 26.3. The SMILES string of the molecule is CC(C)(C)OC(=O)N1CC(C(=O)NC2CC(C#N)[C@@H]2Cc2ccc(-c3ccc(C#N)cc3)cc2F)C1. The minimum atomic E-state index is -0.592. The van der Waals surface area contributed by atoms with E-state index in [9.17, 15) is 19.2 Å². The van der Waals surface area contributed by atoms with Crippen LogP contribution in [0.15, 0.2) is 42.5 Å². The third-order valence-electron chi connectivity index (χ3n) is 6.80. The third kappa shape index (κ3) is 5.49. The Bertz CT molecular complexity index is 1230. The first-order valence-electron chi connectivity index (χ1n) is 12.0. The Morgan fingerprint density at radius 3 is 2.36 bits per heavy atom. The van der Waals surface area contributed by atoms with Crippen molar-refractivity contribution in [2.75, 3.05) is 13.1 Å². The molecule has 1 saturated heterocycles. The number of carbonyl (C=O) groups excluding carboxylic acids is 2. The number of rotatable bonds is 5. The molecule has 2 aromatic rings. The lowest BCUT2D eigenvalue weighted by atomic mass is 9.67. The van der Waals surface area contributed by atoms with Crippen molar-refractivity contribution in [2.45, 2.75) is 45.3 Å². The standard InChI is InChI=1S/C28H29FN4O3/c1-28(2,3)36-27(35)33-15-22(16-33)26(34)32-25-12-21(14-31)23(25)10-20-9-8-19(11-24(20)29)18-6-4-17(13-30)5-7-18/h4-9,11,21-23,25H,10,12,15-16H2,1-3H3,(H,32,34)/t21?,23-,25?/m0/s1. The van der Waals surface area contributed by atoms with Gasteiger partial charge in [-0.2, -0.15) is 10.5 Å². The zero-order chi connectivity index (χ0) is 26.0. The fourth-order valence-corrected chi connectivity index (χ4v) is 4.61. The highest BCUT2D eigenvalue weighted by molar-refractivity contribution is 5.83. The number of hydrogen-bond donors (Lipinski definition) is 1. The van der Waals surface area contributed by atoms with Gasteiger partial charge in [0, 0.05) is 19.1 Å². The Labute approximate surface area is 210 Å². The van der Waals surface area contributed by atoms with Crippen LogP contribution in [0, 0.1) is 46.2 Å². The second-order valence-corrected chi connectivity index (χ2v) is 10.5. The van der Waals surface area contributed by atoms with Gasteiger partial charge in [0.1, 0.15) is 11.4 Å². The number of benzene rings is 2. The molecule has 1 saturated carbocycles. The molecule has 1 heterocycles. The predicted molar refractivity (Wildman–Crippen MR) is 131 cm³/mol. The van der Waals surface area contributed by atoms with Crippen molar-refractivity contribution in [1.29, 1.82) is 10.5 Å². The molecule has 2 unspecified atom stereocenters. The smallest absolute Gasteiger partial charge is 0.410 e. The van der Waals surface area contributed by atoms with E-state index in [1.54, 1.807) is 51.1 Å². The molecule has 3 atom stereocenters. The molecule has 2 aliphatic rings. The normalized spacial score (nSPS) is 21.4. The van der Waals surface area contributed by atoms with Crippen molar-refractivity contribution in [3.8, 4) is 23.3 Å². The number of nitriles is 2. The Morgan fingerprint density at radius 1 is 1.11 bits per heavy atom. The summed E-state index contributed by atoms with van der Waals surface area (Å²) in [6.45, 7) is 5.97. The number of carbonyl (C=O) groups is 2. The van der Waals surface area contributed by atoms with Gasteiger partial charge in [-0.15, -0.1) is 0 Å². The van der Waals surface area contributed by atoms with Crippen LogP contribution in [0.3, 0.4) is 0 Å². The summed E-state index contributed by atoms with van der Waals surface area (Å²) in [6, 6.07) is 16.1. The second kappa shape index (κ2) is 9.99. The Kier molecular flexibility index (Phi) is 6.99. The molecule has 4 rings (SSSR count). The van der Waals surface area contributed by atoms with E-state index in [2.05, 4.69) is 17.5 Å². The first-order chi connectivity index (χ1) is 17.1. The van der Waals surface area contributed by atoms with E-state index in [-0.39, 0.29) is 35.5 Å². The summed E-state index contributed by atoms with van der Waals surface area (Å²) in [6.07, 6.45) is 0.440. The zero-order valence-corrected chi connectivity index (χ0v) is 20.6. The molecule has 1 aliphatic carbocycles. The van der Waals surface area contributed by atoms with Crippen LogP contribution in [0.2, 0.25) is 0 Å². The molecule has 0 aromatic heterocycles. The lowest BCUT2D eigenvalue weighted by molar-refractivity contribution is -0.132. The van der Waals surface area contributed by atoms with Crippen LogP contribution in [-0.2, 0) is 16.0 Å². The monoisotopic (exact) mass is 488 g/mol. The zero-order valence-electron chi connectivity index (χ0n) is 20.6. The molecule has 186 valence electrons. The number of likely N-dealkylation sites (tertiary alicyclic amines) is 1. The summed E-state index contributed by atoms with van der Waals surface area (Å²) in [5, 5.41) is 21.5. The van der Waals surface area contributed by atoms with Crippen LogP contribution < -0.4 is 5.32 Å². The molecule has 8 heteroatoms. The van der Waals surface area contributed by atoms with Gasteiger partial charge >= 0.3 is 6.09 Å². The van der Waals surface area contributed by atoms with E-state index in [0.717, 1.165) is 5.56 Å². The summed E-state index contributed by atoms with van der Waals surface area (Å²) < 4.78 is 20.3. The van der Waals surface area contributed by atoms with Gasteiger partial charge in [0.2, 0.25) is 5.91 Å². The van der Waals surface area contributed by atoms with Crippen molar-refractivity contribution < 1.29 is 18.7 Å². The Hall–Kier alpha value is -3.91. The lowest BCUT2D eigenvalue weighted by Gasteiger charge is -2.44. The molecule has 0 bridgehead atoms. The van der Waals surface area contributed by atoms with Crippen molar-refractivity contribution in [2.24, 2.45) is 17.8 Å². The number of amides is 2. The van der Waals surface area contributed by atoms with Crippen LogP contribution in [0.4, 0.5) is 9.18 Å². The highest BCUT2D eigenvalue weighted by Gasteiger charge is 2.45. The van der Waals surface area contributed by atoms with E-state index in [0.29, 0.717) is 42.6 Å². The van der Waals surface area contributed by atoms with Crippen molar-refractivity contribution in [3.63, 3.8) is 0 Å². The van der Waals surface area contributed by atoms with Crippen molar-refractivity contribution in [1.82, 2.24) is 10.2 Å². The fraction of sp³-hybridized carbons (Fsp3) is 0.429. The maximum Gasteiger partial charge on any atom is 0.410 e. The molecule has 2 fully saturated rings. The van der Waals surface area contributed by atoms with Crippen LogP contribution in [0.5, 0.6) is 0 Å². The van der Waals surface area contributed by atoms with Crippen LogP contribution in [0.1, 0.15) is 38.3 Å². The summed E-state index contributed by atoms with van der Waals surface area (Å²) >= 11 is 0. The molecular formula is C28H29FN4O3. The van der Waals surface area contributed by atoms with Gasteiger partial charge in [-0.05, 0) is 74.4 Å². The van der Waals surface area contributed by atoms with E-state index in [1.807, 2.05) is 6.07 Å². The van der Waals surface area contributed by atoms with Gasteiger partial charge < -0.3 is 15.0 Å². The lowest BCUT2D eigenvalue weighted by Crippen LogP contribution is -2.60. The van der Waals surface area contributed by atoms with Crippen molar-refractivity contribution in [3.05, 3.63) is 59.4 Å². The first-order valence-corrected chi connectivity index (χ1v) is 12.0. The van der Waals surface area contributed by atoms with E-state index in [1.165, 1.54) is 11.0 Å². The molecule has 0 spiro atoms. The van der Waals surface area contributed by atoms with Crippen LogP contribution in [-0.4, -0.2) is 41.6 Å². The van der Waals surface area contributed by atoms with Gasteiger partial charge in [-0.25, -0.2) is 9.18 Å². The second-order valence-electron chi connectivity index (χ2n) is 10.5. The molecule has 1 aliphatic heterocycles. The van der Waals surface area contributed by atoms with E-state index >= 15 is 0 Å². The minimum Gasteiger partial charge on any atom is -0.444 e. The van der Waals surface area contributed by atoms with Crippen molar-refractivity contribution >= 4 is 12.0 Å². The average Bonchev–Trinajstić information content (AvgIpc) is 2.78. The highest BCUT2D eigenvalue weighted by Crippen LogP contribution is 2.38. The number of halogens is 1. The third-order valence-corrected chi connectivity index (χ3v) is 6.80. The summed E-state index contributed by atoms with van der Waals surface area (Å²) in [5.74, 6) is -1.28. The average molecular weight is 489 g/mol. The fourth-order valence-electron chi connectivity index (χ4n) is 4.61. The Morgan fingerprint density at radius 2 is 1.78 bits per heavy atom.